The molecular weight excluding hydrogens is 834 g/mol. The van der Waals surface area contributed by atoms with Crippen LogP contribution in [0.2, 0.25) is 0 Å². The molecule has 2 saturated heterocycles. The standard InChI is InChI=1S/C30H32N2O2.C26H26F2N2.ClH/c1-2-34-28(33)29(25-12-6-3-7-13-25)18-21-32(22-19-29)23-20-30(24-31,26-14-8-4-9-15-26)27-16-10-5-11-17-27;27-24-12-8-22(9-13-24)26(23-10-14-25(28)15-11-23)30-19-17-29(18-20-30)16-4-7-21-5-2-1-3-6-21;/h3-17H,2,18-23H2,1H3;1-15,26H,16-20H2;1H/b;7-4+;. The van der Waals surface area contributed by atoms with Crippen molar-refractivity contribution >= 4 is 24.5 Å². The number of piperidine rings is 1. The quantitative estimate of drug-likeness (QED) is 0.102. The number of likely N-dealkylation sites (tertiary alicyclic amines) is 1. The molecule has 0 amide bonds. The van der Waals surface area contributed by atoms with Crippen LogP contribution in [0.15, 0.2) is 176 Å². The first kappa shape index (κ1) is 48.5. The van der Waals surface area contributed by atoms with Crippen LogP contribution in [-0.2, 0) is 20.4 Å². The van der Waals surface area contributed by atoms with E-state index in [2.05, 4.69) is 45.1 Å². The van der Waals surface area contributed by atoms with E-state index in [0.717, 1.165) is 80.2 Å². The summed E-state index contributed by atoms with van der Waals surface area (Å²) in [7, 11) is 0. The number of nitrogens with zero attached hydrogens (tertiary/aromatic N) is 4. The highest BCUT2D eigenvalue weighted by molar-refractivity contribution is 5.85. The maximum Gasteiger partial charge on any atom is 0.316 e. The maximum absolute atomic E-state index is 13.5. The molecule has 0 bridgehead atoms. The minimum Gasteiger partial charge on any atom is -0.465 e. The van der Waals surface area contributed by atoms with Gasteiger partial charge in [0.15, 0.2) is 0 Å². The first-order valence-electron chi connectivity index (χ1n) is 22.5. The predicted octanol–water partition coefficient (Wildman–Crippen LogP) is 11.3. The number of esters is 1. The molecule has 0 atom stereocenters. The summed E-state index contributed by atoms with van der Waals surface area (Å²) in [6.45, 7) is 9.24. The van der Waals surface area contributed by atoms with Crippen molar-refractivity contribution in [3.8, 4) is 6.07 Å². The van der Waals surface area contributed by atoms with Gasteiger partial charge in [-0.15, -0.1) is 12.4 Å². The SMILES string of the molecule is CCOC(=O)C1(c2ccccc2)CCN(CCC(C#N)(c2ccccc2)c2ccccc2)CC1.Cl.Fc1ccc(C(c2ccc(F)cc2)N2CCN(C/C=C/c3ccccc3)CC2)cc1. The lowest BCUT2D eigenvalue weighted by Gasteiger charge is -2.41. The average Bonchev–Trinajstić information content (AvgIpc) is 3.35. The third-order valence-electron chi connectivity index (χ3n) is 12.8. The second kappa shape index (κ2) is 23.8. The van der Waals surface area contributed by atoms with Gasteiger partial charge in [-0.05, 0) is 96.9 Å². The average molecular weight is 894 g/mol. The summed E-state index contributed by atoms with van der Waals surface area (Å²) in [4.78, 5) is 20.3. The number of carbonyl (C=O) groups is 1. The lowest BCUT2D eigenvalue weighted by Crippen LogP contribution is -2.49. The van der Waals surface area contributed by atoms with E-state index in [1.807, 2.05) is 140 Å². The Morgan fingerprint density at radius 1 is 0.677 bits per heavy atom. The van der Waals surface area contributed by atoms with Gasteiger partial charge in [-0.1, -0.05) is 158 Å². The highest BCUT2D eigenvalue weighted by Crippen LogP contribution is 2.39. The summed E-state index contributed by atoms with van der Waals surface area (Å²) in [6, 6.07) is 56.5. The van der Waals surface area contributed by atoms with E-state index in [4.69, 9.17) is 4.74 Å². The van der Waals surface area contributed by atoms with Crippen molar-refractivity contribution in [3.63, 3.8) is 0 Å². The van der Waals surface area contributed by atoms with E-state index < -0.39 is 10.8 Å². The van der Waals surface area contributed by atoms with Gasteiger partial charge >= 0.3 is 5.97 Å². The normalized spacial score (nSPS) is 15.6. The van der Waals surface area contributed by atoms with Crippen molar-refractivity contribution in [3.05, 3.63) is 221 Å². The summed E-state index contributed by atoms with van der Waals surface area (Å²) in [5.74, 6) is -0.612. The molecule has 6 aromatic carbocycles. The maximum atomic E-state index is 13.5. The number of halogens is 3. The first-order valence-corrected chi connectivity index (χ1v) is 22.5. The molecule has 0 saturated carbocycles. The van der Waals surface area contributed by atoms with Gasteiger partial charge in [0.1, 0.15) is 17.0 Å². The van der Waals surface area contributed by atoms with Crippen molar-refractivity contribution in [1.82, 2.24) is 14.7 Å². The minimum atomic E-state index is -0.711. The molecule has 65 heavy (non-hydrogen) atoms. The van der Waals surface area contributed by atoms with Crippen molar-refractivity contribution in [1.29, 1.82) is 5.26 Å². The molecule has 2 fully saturated rings. The van der Waals surface area contributed by atoms with E-state index >= 15 is 0 Å². The number of carbonyl (C=O) groups excluding carboxylic acids is 1. The molecule has 336 valence electrons. The van der Waals surface area contributed by atoms with E-state index in [0.29, 0.717) is 25.9 Å². The Kier molecular flexibility index (Phi) is 17.8. The topological polar surface area (TPSA) is 59.8 Å². The number of rotatable bonds is 14. The molecule has 0 aliphatic carbocycles. The Morgan fingerprint density at radius 2 is 1.15 bits per heavy atom. The molecule has 0 unspecified atom stereocenters. The van der Waals surface area contributed by atoms with Gasteiger partial charge in [-0.2, -0.15) is 5.26 Å². The van der Waals surface area contributed by atoms with Gasteiger partial charge in [-0.25, -0.2) is 8.78 Å². The lowest BCUT2D eigenvalue weighted by molar-refractivity contribution is -0.152. The number of nitriles is 1. The van der Waals surface area contributed by atoms with Gasteiger partial charge in [0.05, 0.1) is 24.1 Å². The molecule has 8 rings (SSSR count). The Bertz CT molecular complexity index is 2310. The highest BCUT2D eigenvalue weighted by Gasteiger charge is 2.45. The Balaban J connectivity index is 0.000000214. The second-order valence-electron chi connectivity index (χ2n) is 16.7. The number of piperazine rings is 1. The summed E-state index contributed by atoms with van der Waals surface area (Å²) in [5, 5.41) is 10.4. The monoisotopic (exact) mass is 892 g/mol. The van der Waals surface area contributed by atoms with E-state index in [9.17, 15) is 18.8 Å². The fourth-order valence-electron chi connectivity index (χ4n) is 9.22. The smallest absolute Gasteiger partial charge is 0.316 e. The van der Waals surface area contributed by atoms with Crippen LogP contribution in [0.3, 0.4) is 0 Å². The van der Waals surface area contributed by atoms with Crippen molar-refractivity contribution in [2.24, 2.45) is 0 Å². The fourth-order valence-corrected chi connectivity index (χ4v) is 9.22. The Hall–Kier alpha value is -5.95. The number of hydrogen-bond acceptors (Lipinski definition) is 6. The van der Waals surface area contributed by atoms with Crippen LogP contribution in [0, 0.1) is 23.0 Å². The lowest BCUT2D eigenvalue weighted by atomic mass is 9.71. The molecule has 6 nitrogen and oxygen atoms in total. The zero-order chi connectivity index (χ0) is 44.6. The predicted molar refractivity (Wildman–Crippen MR) is 260 cm³/mol. The first-order chi connectivity index (χ1) is 31.3. The second-order valence-corrected chi connectivity index (χ2v) is 16.7. The van der Waals surface area contributed by atoms with Gasteiger partial charge in [0.2, 0.25) is 0 Å². The van der Waals surface area contributed by atoms with E-state index in [1.165, 1.54) is 29.8 Å². The van der Waals surface area contributed by atoms with Gasteiger partial charge in [-0.3, -0.25) is 14.6 Å². The summed E-state index contributed by atoms with van der Waals surface area (Å²) in [6.07, 6.45) is 6.49. The number of benzene rings is 6. The Labute approximate surface area is 390 Å². The van der Waals surface area contributed by atoms with Crippen LogP contribution in [0.5, 0.6) is 0 Å². The molecule has 6 aromatic rings. The molecule has 2 aliphatic heterocycles. The van der Waals surface area contributed by atoms with Crippen LogP contribution in [-0.4, -0.2) is 79.6 Å². The molecule has 2 aliphatic rings. The third kappa shape index (κ3) is 12.2. The highest BCUT2D eigenvalue weighted by atomic mass is 35.5. The van der Waals surface area contributed by atoms with Gasteiger partial charge in [0.25, 0.3) is 0 Å². The van der Waals surface area contributed by atoms with Crippen molar-refractivity contribution in [2.75, 3.05) is 59.0 Å². The molecule has 0 N–H and O–H groups in total. The van der Waals surface area contributed by atoms with Crippen LogP contribution >= 0.6 is 12.4 Å². The molecule has 2 heterocycles. The Morgan fingerprint density at radius 3 is 1.63 bits per heavy atom. The summed E-state index contributed by atoms with van der Waals surface area (Å²) in [5.41, 5.74) is 5.03. The van der Waals surface area contributed by atoms with Crippen LogP contribution < -0.4 is 0 Å². The minimum absolute atomic E-state index is 0. The zero-order valence-corrected chi connectivity index (χ0v) is 38.0. The zero-order valence-electron chi connectivity index (χ0n) is 37.2. The molecule has 9 heteroatoms. The summed E-state index contributed by atoms with van der Waals surface area (Å²) < 4.78 is 32.4. The van der Waals surface area contributed by atoms with Crippen molar-refractivity contribution in [2.45, 2.75) is 43.1 Å². The molecular formula is C56H59ClF2N4O2. The van der Waals surface area contributed by atoms with E-state index in [-0.39, 0.29) is 36.1 Å². The number of hydrogen-bond donors (Lipinski definition) is 0. The van der Waals surface area contributed by atoms with Crippen molar-refractivity contribution < 1.29 is 18.3 Å². The summed E-state index contributed by atoms with van der Waals surface area (Å²) >= 11 is 0. The van der Waals surface area contributed by atoms with Crippen LogP contribution in [0.1, 0.15) is 65.6 Å². The van der Waals surface area contributed by atoms with Gasteiger partial charge < -0.3 is 9.64 Å². The van der Waals surface area contributed by atoms with E-state index in [1.54, 1.807) is 0 Å². The van der Waals surface area contributed by atoms with Crippen LogP contribution in [0.4, 0.5) is 8.78 Å². The molecule has 0 radical (unpaired) electrons. The number of ether oxygens (including phenoxy) is 1. The van der Waals surface area contributed by atoms with Gasteiger partial charge in [0, 0.05) is 39.3 Å². The largest absolute Gasteiger partial charge is 0.465 e. The third-order valence-corrected chi connectivity index (χ3v) is 12.8. The fraction of sp³-hybridized carbons (Fsp3) is 0.286. The molecule has 0 spiro atoms. The van der Waals surface area contributed by atoms with Crippen LogP contribution in [0.25, 0.3) is 6.08 Å². The molecule has 0 aromatic heterocycles.